The predicted octanol–water partition coefficient (Wildman–Crippen LogP) is 3.34. The lowest BCUT2D eigenvalue weighted by molar-refractivity contribution is 0.0158. The van der Waals surface area contributed by atoms with Crippen molar-refractivity contribution in [2.45, 2.75) is 19.9 Å². The fourth-order valence-corrected chi connectivity index (χ4v) is 3.72. The molecule has 0 amide bonds. The maximum atomic E-state index is 6.60. The zero-order chi connectivity index (χ0) is 17.6. The van der Waals surface area contributed by atoms with E-state index in [1.165, 1.54) is 0 Å². The van der Waals surface area contributed by atoms with Gasteiger partial charge in [-0.15, -0.1) is 0 Å². The molecule has 4 rings (SSSR count). The van der Waals surface area contributed by atoms with Gasteiger partial charge >= 0.3 is 0 Å². The van der Waals surface area contributed by atoms with Crippen LogP contribution in [0.3, 0.4) is 0 Å². The average Bonchev–Trinajstić information content (AvgIpc) is 3.21. The van der Waals surface area contributed by atoms with Gasteiger partial charge in [0.05, 0.1) is 34.5 Å². The Hall–Kier alpha value is -2.41. The minimum Gasteiger partial charge on any atom is -0.297 e. The van der Waals surface area contributed by atoms with Crippen LogP contribution in [0, 0.1) is 6.92 Å². The maximum Gasteiger partial charge on any atom is 0.100 e. The Bertz CT molecular complexity index is 949. The number of aromatic nitrogens is 3. The highest BCUT2D eigenvalue weighted by molar-refractivity contribution is 6.34. The van der Waals surface area contributed by atoms with Crippen molar-refractivity contribution >= 4 is 17.1 Å². The van der Waals surface area contributed by atoms with Gasteiger partial charge in [0.1, 0.15) is 6.33 Å². The lowest BCUT2D eigenvalue weighted by atomic mass is 10.0. The summed E-state index contributed by atoms with van der Waals surface area (Å²) < 4.78 is 2.04. The van der Waals surface area contributed by atoms with E-state index in [1.807, 2.05) is 59.3 Å². The van der Waals surface area contributed by atoms with Gasteiger partial charge in [0.15, 0.2) is 0 Å². The van der Waals surface area contributed by atoms with E-state index in [4.69, 9.17) is 17.4 Å². The van der Waals surface area contributed by atoms with Crippen LogP contribution in [0.5, 0.6) is 0 Å². The third-order valence-corrected chi connectivity index (χ3v) is 4.89. The first-order chi connectivity index (χ1) is 12.1. The van der Waals surface area contributed by atoms with Crippen LogP contribution in [0.1, 0.15) is 24.2 Å². The van der Waals surface area contributed by atoms with E-state index in [2.05, 4.69) is 16.9 Å². The summed E-state index contributed by atoms with van der Waals surface area (Å²) in [6.45, 7) is 4.76. The van der Waals surface area contributed by atoms with Crippen LogP contribution in [-0.2, 0) is 0 Å². The molecular weight excluding hydrogens is 336 g/mol. The molecule has 128 valence electrons. The molecule has 25 heavy (non-hydrogen) atoms. The Morgan fingerprint density at radius 1 is 1.36 bits per heavy atom. The summed E-state index contributed by atoms with van der Waals surface area (Å²) in [6.07, 6.45) is 9.46. The first-order valence-electron chi connectivity index (χ1n) is 8.11. The fraction of sp³-hybridized carbons (Fsp3) is 0.222. The molecule has 3 aromatic heterocycles. The molecule has 1 aliphatic rings. The largest absolute Gasteiger partial charge is 0.297 e. The standard InChI is InChI=1S/C18H19ClN6/c1-12-17-16(19)9-15(13(2)24-7-4-8-25(24)20)18(23(17)11-22-12)14-5-3-6-21-10-14/h3-7,9-11,13H,8,20H2,1-2H3. The van der Waals surface area contributed by atoms with Crippen LogP contribution in [-0.4, -0.2) is 31.0 Å². The summed E-state index contributed by atoms with van der Waals surface area (Å²) in [5.41, 5.74) is 4.91. The molecule has 0 aliphatic carbocycles. The van der Waals surface area contributed by atoms with Crippen LogP contribution < -0.4 is 5.84 Å². The van der Waals surface area contributed by atoms with Crippen molar-refractivity contribution < 1.29 is 0 Å². The topological polar surface area (TPSA) is 62.7 Å². The lowest BCUT2D eigenvalue weighted by Gasteiger charge is -2.32. The molecule has 0 fully saturated rings. The van der Waals surface area contributed by atoms with Crippen molar-refractivity contribution in [3.8, 4) is 11.3 Å². The van der Waals surface area contributed by atoms with Gasteiger partial charge in [-0.25, -0.2) is 4.98 Å². The number of pyridine rings is 2. The molecule has 0 radical (unpaired) electrons. The third-order valence-electron chi connectivity index (χ3n) is 4.60. The van der Waals surface area contributed by atoms with E-state index in [1.54, 1.807) is 11.3 Å². The van der Waals surface area contributed by atoms with Crippen molar-refractivity contribution in [2.24, 2.45) is 5.84 Å². The molecule has 0 saturated carbocycles. The molecule has 0 saturated heterocycles. The number of nitrogens with two attached hydrogens (primary N) is 1. The van der Waals surface area contributed by atoms with Crippen LogP contribution in [0.2, 0.25) is 5.02 Å². The summed E-state index contributed by atoms with van der Waals surface area (Å²) in [5, 5.41) is 4.37. The van der Waals surface area contributed by atoms with Gasteiger partial charge < -0.3 is 0 Å². The molecule has 6 nitrogen and oxygen atoms in total. The minimum absolute atomic E-state index is 0.00330. The van der Waals surface area contributed by atoms with Gasteiger partial charge in [0.25, 0.3) is 0 Å². The van der Waals surface area contributed by atoms with Crippen molar-refractivity contribution in [2.75, 3.05) is 6.54 Å². The second kappa shape index (κ2) is 6.15. The molecule has 0 spiro atoms. The molecule has 1 atom stereocenters. The highest BCUT2D eigenvalue weighted by Crippen LogP contribution is 2.37. The average molecular weight is 355 g/mol. The second-order valence-corrected chi connectivity index (χ2v) is 6.56. The second-order valence-electron chi connectivity index (χ2n) is 6.15. The first-order valence-corrected chi connectivity index (χ1v) is 8.49. The van der Waals surface area contributed by atoms with Crippen LogP contribution >= 0.6 is 11.6 Å². The molecule has 1 aliphatic heterocycles. The molecule has 2 N–H and O–H groups in total. The molecule has 4 heterocycles. The molecule has 1 unspecified atom stereocenters. The SMILES string of the molecule is Cc1ncn2c(-c3cccnc3)c(C(C)N3C=CCN3N)cc(Cl)c12. The van der Waals surface area contributed by atoms with Gasteiger partial charge in [-0.2, -0.15) is 5.12 Å². The van der Waals surface area contributed by atoms with E-state index in [0.717, 1.165) is 28.0 Å². The zero-order valence-corrected chi connectivity index (χ0v) is 14.9. The molecule has 0 aromatic carbocycles. The summed E-state index contributed by atoms with van der Waals surface area (Å²) in [4.78, 5) is 8.73. The van der Waals surface area contributed by atoms with E-state index in [0.29, 0.717) is 11.6 Å². The first kappa shape index (κ1) is 16.1. The minimum atomic E-state index is 0.00330. The number of aryl methyl sites for hydroxylation is 1. The van der Waals surface area contributed by atoms with E-state index < -0.39 is 0 Å². The Balaban J connectivity index is 1.98. The Morgan fingerprint density at radius 3 is 2.88 bits per heavy atom. The van der Waals surface area contributed by atoms with Gasteiger partial charge in [-0.3, -0.25) is 20.2 Å². The normalized spacial score (nSPS) is 16.1. The number of rotatable bonds is 3. The van der Waals surface area contributed by atoms with Crippen molar-refractivity contribution in [1.82, 2.24) is 24.5 Å². The number of hydrogen-bond acceptors (Lipinski definition) is 5. The smallest absolute Gasteiger partial charge is 0.100 e. The summed E-state index contributed by atoms with van der Waals surface area (Å²) in [6, 6.07) is 5.99. The van der Waals surface area contributed by atoms with Crippen LogP contribution in [0.25, 0.3) is 16.8 Å². The highest BCUT2D eigenvalue weighted by atomic mass is 35.5. The highest BCUT2D eigenvalue weighted by Gasteiger charge is 2.25. The molecule has 3 aromatic rings. The van der Waals surface area contributed by atoms with E-state index in [9.17, 15) is 0 Å². The van der Waals surface area contributed by atoms with Crippen LogP contribution in [0.4, 0.5) is 0 Å². The predicted molar refractivity (Wildman–Crippen MR) is 98.5 cm³/mol. The fourth-order valence-electron chi connectivity index (χ4n) is 3.37. The molecular formula is C18H19ClN6. The quantitative estimate of drug-likeness (QED) is 0.731. The van der Waals surface area contributed by atoms with E-state index in [-0.39, 0.29) is 6.04 Å². The Morgan fingerprint density at radius 2 is 2.20 bits per heavy atom. The zero-order valence-electron chi connectivity index (χ0n) is 14.1. The monoisotopic (exact) mass is 354 g/mol. The van der Waals surface area contributed by atoms with Crippen LogP contribution in [0.15, 0.2) is 49.2 Å². The lowest BCUT2D eigenvalue weighted by Crippen LogP contribution is -2.42. The number of hydrogen-bond donors (Lipinski definition) is 1. The third kappa shape index (κ3) is 2.59. The van der Waals surface area contributed by atoms with Crippen molar-refractivity contribution in [3.05, 3.63) is 65.5 Å². The summed E-state index contributed by atoms with van der Waals surface area (Å²) in [7, 11) is 0. The number of imidazole rings is 1. The van der Waals surface area contributed by atoms with E-state index >= 15 is 0 Å². The van der Waals surface area contributed by atoms with Crippen molar-refractivity contribution in [3.63, 3.8) is 0 Å². The Kier molecular flexibility index (Phi) is 3.95. The van der Waals surface area contributed by atoms with Crippen molar-refractivity contribution in [1.29, 1.82) is 0 Å². The number of halogens is 1. The molecule has 0 bridgehead atoms. The number of fused-ring (bicyclic) bond motifs is 1. The van der Waals surface area contributed by atoms with Gasteiger partial charge in [0, 0.05) is 29.7 Å². The number of hydrazine groups is 2. The molecule has 7 heteroatoms. The Labute approximate surface area is 151 Å². The summed E-state index contributed by atoms with van der Waals surface area (Å²) >= 11 is 6.60. The van der Waals surface area contributed by atoms with Gasteiger partial charge in [-0.1, -0.05) is 11.6 Å². The number of nitrogens with zero attached hydrogens (tertiary/aromatic N) is 5. The van der Waals surface area contributed by atoms with Gasteiger partial charge in [0.2, 0.25) is 0 Å². The van der Waals surface area contributed by atoms with Gasteiger partial charge in [-0.05, 0) is 38.1 Å². The maximum absolute atomic E-state index is 6.60. The summed E-state index contributed by atoms with van der Waals surface area (Å²) in [5.74, 6) is 6.09.